The van der Waals surface area contributed by atoms with Crippen LogP contribution in [0.3, 0.4) is 0 Å². The summed E-state index contributed by atoms with van der Waals surface area (Å²) in [5.74, 6) is 3.02. The van der Waals surface area contributed by atoms with E-state index in [4.69, 9.17) is 14.5 Å². The fourth-order valence-corrected chi connectivity index (χ4v) is 3.94. The quantitative estimate of drug-likeness (QED) is 0.400. The molecule has 0 aliphatic carbocycles. The van der Waals surface area contributed by atoms with E-state index in [2.05, 4.69) is 48.4 Å². The fraction of sp³-hybridized carbons (Fsp3) is 0.632. The first-order chi connectivity index (χ1) is 12.1. The normalized spacial score (nSPS) is 20.5. The van der Waals surface area contributed by atoms with Crippen molar-refractivity contribution in [3.8, 4) is 5.75 Å². The van der Waals surface area contributed by atoms with Gasteiger partial charge in [0.15, 0.2) is 5.96 Å². The Kier molecular flexibility index (Phi) is 8.41. The SMILES string of the molecule is CCNC(=NCc1ccc(OCCOC)cc1)NCC1(C)CCCS1. The molecule has 140 valence electrons. The van der Waals surface area contributed by atoms with E-state index in [9.17, 15) is 0 Å². The van der Waals surface area contributed by atoms with E-state index in [0.29, 0.717) is 24.5 Å². The molecule has 1 saturated heterocycles. The minimum atomic E-state index is 0.331. The zero-order chi connectivity index (χ0) is 18.0. The van der Waals surface area contributed by atoms with Gasteiger partial charge in [-0.1, -0.05) is 12.1 Å². The maximum Gasteiger partial charge on any atom is 0.191 e. The maximum atomic E-state index is 5.58. The second-order valence-electron chi connectivity index (χ2n) is 6.44. The number of hydrogen-bond acceptors (Lipinski definition) is 4. The molecule has 1 atom stereocenters. The highest BCUT2D eigenvalue weighted by Gasteiger charge is 2.29. The van der Waals surface area contributed by atoms with Crippen molar-refractivity contribution >= 4 is 17.7 Å². The van der Waals surface area contributed by atoms with E-state index < -0.39 is 0 Å². The number of nitrogens with one attached hydrogen (secondary N) is 2. The highest BCUT2D eigenvalue weighted by molar-refractivity contribution is 8.00. The third-order valence-corrected chi connectivity index (χ3v) is 5.71. The molecule has 25 heavy (non-hydrogen) atoms. The summed E-state index contributed by atoms with van der Waals surface area (Å²) in [6.45, 7) is 8.06. The van der Waals surface area contributed by atoms with Crippen molar-refractivity contribution in [3.05, 3.63) is 29.8 Å². The van der Waals surface area contributed by atoms with Crippen molar-refractivity contribution in [2.24, 2.45) is 4.99 Å². The standard InChI is InChI=1S/C19H31N3O2S/c1-4-20-18(22-15-19(2)10-5-13-25-19)21-14-16-6-8-17(9-7-16)24-12-11-23-3/h6-9H,4-5,10-15H2,1-3H3,(H2,20,21,22). The van der Waals surface area contributed by atoms with Gasteiger partial charge in [0.25, 0.3) is 0 Å². The van der Waals surface area contributed by atoms with Gasteiger partial charge in [0.2, 0.25) is 0 Å². The van der Waals surface area contributed by atoms with E-state index in [0.717, 1.165) is 30.4 Å². The molecule has 0 bridgehead atoms. The monoisotopic (exact) mass is 365 g/mol. The number of hydrogen-bond donors (Lipinski definition) is 2. The van der Waals surface area contributed by atoms with Crippen molar-refractivity contribution < 1.29 is 9.47 Å². The van der Waals surface area contributed by atoms with Crippen molar-refractivity contribution in [1.82, 2.24) is 10.6 Å². The summed E-state index contributed by atoms with van der Waals surface area (Å²) in [6, 6.07) is 8.08. The smallest absolute Gasteiger partial charge is 0.191 e. The zero-order valence-corrected chi connectivity index (χ0v) is 16.5. The lowest BCUT2D eigenvalue weighted by Gasteiger charge is -2.24. The molecule has 1 aromatic carbocycles. The van der Waals surface area contributed by atoms with E-state index in [-0.39, 0.29) is 0 Å². The molecule has 1 aromatic rings. The van der Waals surface area contributed by atoms with Gasteiger partial charge in [-0.05, 0) is 50.1 Å². The predicted octanol–water partition coefficient (Wildman–Crippen LogP) is 3.05. The van der Waals surface area contributed by atoms with E-state index in [1.165, 1.54) is 18.6 Å². The van der Waals surface area contributed by atoms with Gasteiger partial charge < -0.3 is 20.1 Å². The number of ether oxygens (including phenoxy) is 2. The average molecular weight is 366 g/mol. The first-order valence-electron chi connectivity index (χ1n) is 9.02. The number of guanidine groups is 1. The molecular weight excluding hydrogens is 334 g/mol. The summed E-state index contributed by atoms with van der Waals surface area (Å²) >= 11 is 2.06. The van der Waals surface area contributed by atoms with Crippen LogP contribution >= 0.6 is 11.8 Å². The first-order valence-corrected chi connectivity index (χ1v) is 10.0. The lowest BCUT2D eigenvalue weighted by molar-refractivity contribution is 0.146. The minimum Gasteiger partial charge on any atom is -0.491 e. The molecule has 5 nitrogen and oxygen atoms in total. The Balaban J connectivity index is 1.84. The van der Waals surface area contributed by atoms with Crippen LogP contribution < -0.4 is 15.4 Å². The minimum absolute atomic E-state index is 0.331. The van der Waals surface area contributed by atoms with Crippen molar-refractivity contribution in [3.63, 3.8) is 0 Å². The summed E-state index contributed by atoms with van der Waals surface area (Å²) in [7, 11) is 1.67. The van der Waals surface area contributed by atoms with E-state index in [1.54, 1.807) is 7.11 Å². The van der Waals surface area contributed by atoms with Crippen LogP contribution in [0.25, 0.3) is 0 Å². The van der Waals surface area contributed by atoms with Crippen LogP contribution in [0.1, 0.15) is 32.3 Å². The topological polar surface area (TPSA) is 54.9 Å². The average Bonchev–Trinajstić information content (AvgIpc) is 3.06. The molecule has 0 saturated carbocycles. The van der Waals surface area contributed by atoms with Crippen LogP contribution in [-0.2, 0) is 11.3 Å². The Morgan fingerprint density at radius 3 is 2.68 bits per heavy atom. The van der Waals surface area contributed by atoms with Gasteiger partial charge in [0.05, 0.1) is 13.2 Å². The van der Waals surface area contributed by atoms with Gasteiger partial charge in [-0.2, -0.15) is 11.8 Å². The van der Waals surface area contributed by atoms with Crippen LogP contribution in [0.5, 0.6) is 5.75 Å². The molecule has 2 N–H and O–H groups in total. The number of thioether (sulfide) groups is 1. The Bertz CT molecular complexity index is 528. The number of benzene rings is 1. The second kappa shape index (κ2) is 10.6. The van der Waals surface area contributed by atoms with E-state index in [1.807, 2.05) is 12.1 Å². The van der Waals surface area contributed by atoms with Crippen molar-refractivity contribution in [1.29, 1.82) is 0 Å². The molecule has 1 fully saturated rings. The molecule has 0 radical (unpaired) electrons. The Hall–Kier alpha value is -1.40. The van der Waals surface area contributed by atoms with Gasteiger partial charge in [0, 0.05) is 24.9 Å². The van der Waals surface area contributed by atoms with Crippen LogP contribution in [0, 0.1) is 0 Å². The molecule has 6 heteroatoms. The molecule has 1 aliphatic heterocycles. The van der Waals surface area contributed by atoms with Crippen molar-refractivity contribution in [2.75, 3.05) is 39.2 Å². The maximum absolute atomic E-state index is 5.58. The van der Waals surface area contributed by atoms with Gasteiger partial charge >= 0.3 is 0 Å². The molecule has 0 spiro atoms. The second-order valence-corrected chi connectivity index (χ2v) is 8.12. The van der Waals surface area contributed by atoms with Crippen LogP contribution in [-0.4, -0.2) is 49.9 Å². The number of methoxy groups -OCH3 is 1. The predicted molar refractivity (Wildman–Crippen MR) is 107 cm³/mol. The Morgan fingerprint density at radius 2 is 2.04 bits per heavy atom. The van der Waals surface area contributed by atoms with Gasteiger partial charge in [-0.25, -0.2) is 4.99 Å². The molecule has 1 heterocycles. The summed E-state index contributed by atoms with van der Waals surface area (Å²) in [4.78, 5) is 4.71. The van der Waals surface area contributed by atoms with Gasteiger partial charge in [0.1, 0.15) is 12.4 Å². The Labute approximate surface area is 156 Å². The van der Waals surface area contributed by atoms with Gasteiger partial charge in [-0.3, -0.25) is 0 Å². The zero-order valence-electron chi connectivity index (χ0n) is 15.6. The summed E-state index contributed by atoms with van der Waals surface area (Å²) in [5, 5.41) is 6.83. The largest absolute Gasteiger partial charge is 0.491 e. The number of rotatable bonds is 9. The number of nitrogens with zero attached hydrogens (tertiary/aromatic N) is 1. The molecule has 1 unspecified atom stereocenters. The van der Waals surface area contributed by atoms with E-state index >= 15 is 0 Å². The van der Waals surface area contributed by atoms with Crippen LogP contribution in [0.2, 0.25) is 0 Å². The fourth-order valence-electron chi connectivity index (χ4n) is 2.69. The third-order valence-electron chi connectivity index (χ3n) is 4.17. The highest BCUT2D eigenvalue weighted by Crippen LogP contribution is 2.36. The lowest BCUT2D eigenvalue weighted by atomic mass is 10.1. The summed E-state index contributed by atoms with van der Waals surface area (Å²) < 4.78 is 10.9. The van der Waals surface area contributed by atoms with Crippen molar-refractivity contribution in [2.45, 2.75) is 38.0 Å². The molecule has 0 amide bonds. The molecule has 2 rings (SSSR count). The first kappa shape index (κ1) is 19.9. The number of aliphatic imine (C=N–C) groups is 1. The molecule has 1 aliphatic rings. The molecular formula is C19H31N3O2S. The highest BCUT2D eigenvalue weighted by atomic mass is 32.2. The lowest BCUT2D eigenvalue weighted by Crippen LogP contribution is -2.43. The third kappa shape index (κ3) is 7.16. The van der Waals surface area contributed by atoms with Crippen LogP contribution in [0.4, 0.5) is 0 Å². The van der Waals surface area contributed by atoms with Gasteiger partial charge in [-0.15, -0.1) is 0 Å². The van der Waals surface area contributed by atoms with Crippen LogP contribution in [0.15, 0.2) is 29.3 Å². The molecule has 0 aromatic heterocycles. The Morgan fingerprint density at radius 1 is 1.24 bits per heavy atom. The summed E-state index contributed by atoms with van der Waals surface area (Å²) in [5.41, 5.74) is 1.16. The summed E-state index contributed by atoms with van der Waals surface area (Å²) in [6.07, 6.45) is 2.59.